The first-order chi connectivity index (χ1) is 11.2. The van der Waals surface area contributed by atoms with Crippen LogP contribution < -0.4 is 0 Å². The van der Waals surface area contributed by atoms with Crippen LogP contribution in [0.4, 0.5) is 0 Å². The lowest BCUT2D eigenvalue weighted by atomic mass is 9.96. The number of fused-ring (bicyclic) bond motifs is 1. The highest BCUT2D eigenvalue weighted by atomic mass is 16.3. The molecule has 1 unspecified atom stereocenters. The molecule has 2 heteroatoms. The predicted octanol–water partition coefficient (Wildman–Crippen LogP) is 5.42. The maximum Gasteiger partial charge on any atom is 0.121 e. The molecular formula is C21H21NO. The second kappa shape index (κ2) is 6.66. The molecule has 1 atom stereocenters. The Labute approximate surface area is 137 Å². The van der Waals surface area contributed by atoms with Crippen LogP contribution in [-0.2, 0) is 0 Å². The maximum absolute atomic E-state index is 10.4. The summed E-state index contributed by atoms with van der Waals surface area (Å²) in [5.74, 6) is 0.316. The predicted molar refractivity (Wildman–Crippen MR) is 97.4 cm³/mol. The smallest absolute Gasteiger partial charge is 0.121 e. The van der Waals surface area contributed by atoms with Crippen LogP contribution in [0.2, 0.25) is 0 Å². The van der Waals surface area contributed by atoms with E-state index in [9.17, 15) is 5.11 Å². The quantitative estimate of drug-likeness (QED) is 0.641. The molecule has 0 saturated heterocycles. The minimum Gasteiger partial charge on any atom is -0.508 e. The number of nitrogens with zero attached hydrogens (tertiary/aromatic N) is 1. The molecular weight excluding hydrogens is 282 g/mol. The number of phenolic OH excluding ortho intramolecular Hbond substituents is 1. The third kappa shape index (κ3) is 3.26. The van der Waals surface area contributed by atoms with E-state index in [1.54, 1.807) is 6.07 Å². The van der Waals surface area contributed by atoms with Crippen LogP contribution in [0.5, 0.6) is 5.75 Å². The Morgan fingerprint density at radius 2 is 1.74 bits per heavy atom. The van der Waals surface area contributed by atoms with Gasteiger partial charge in [0, 0.05) is 11.8 Å². The van der Waals surface area contributed by atoms with Gasteiger partial charge in [-0.1, -0.05) is 67.1 Å². The molecule has 0 aromatic heterocycles. The van der Waals surface area contributed by atoms with E-state index in [4.69, 9.17) is 4.99 Å². The summed E-state index contributed by atoms with van der Waals surface area (Å²) >= 11 is 0. The van der Waals surface area contributed by atoms with Crippen molar-refractivity contribution in [3.05, 3.63) is 77.4 Å². The molecule has 1 N–H and O–H groups in total. The molecule has 0 aliphatic carbocycles. The van der Waals surface area contributed by atoms with Gasteiger partial charge in [-0.25, -0.2) is 0 Å². The average molecular weight is 303 g/mol. The van der Waals surface area contributed by atoms with Crippen LogP contribution in [0.25, 0.3) is 10.8 Å². The van der Waals surface area contributed by atoms with Crippen molar-refractivity contribution in [2.24, 2.45) is 4.99 Å². The average Bonchev–Trinajstić information content (AvgIpc) is 2.58. The third-order valence-corrected chi connectivity index (χ3v) is 4.15. The number of aromatic hydroxyl groups is 1. The second-order valence-corrected chi connectivity index (χ2v) is 5.83. The Kier molecular flexibility index (Phi) is 4.42. The van der Waals surface area contributed by atoms with Crippen LogP contribution >= 0.6 is 0 Å². The summed E-state index contributed by atoms with van der Waals surface area (Å²) in [5, 5.41) is 12.6. The molecule has 23 heavy (non-hydrogen) atoms. The van der Waals surface area contributed by atoms with Crippen molar-refractivity contribution in [2.45, 2.75) is 26.3 Å². The molecule has 0 bridgehead atoms. The van der Waals surface area contributed by atoms with E-state index < -0.39 is 0 Å². The number of hydrogen-bond donors (Lipinski definition) is 1. The molecule has 0 aliphatic heterocycles. The zero-order valence-electron chi connectivity index (χ0n) is 13.5. The van der Waals surface area contributed by atoms with Crippen molar-refractivity contribution < 1.29 is 5.11 Å². The molecule has 0 saturated carbocycles. The molecule has 3 rings (SSSR count). The molecule has 0 heterocycles. The topological polar surface area (TPSA) is 32.6 Å². The standard InChI is InChI=1S/C21H21NO/c1-3-19(22-14-16-10-8-15(2)9-11-16)21-18-7-5-4-6-17(18)12-13-20(21)23/h4-14,19,23H,3H2,1-2H3. The van der Waals surface area contributed by atoms with Gasteiger partial charge in [0.2, 0.25) is 0 Å². The lowest BCUT2D eigenvalue weighted by molar-refractivity contribution is 0.462. The molecule has 0 fully saturated rings. The monoisotopic (exact) mass is 303 g/mol. The van der Waals surface area contributed by atoms with Crippen LogP contribution in [0.3, 0.4) is 0 Å². The summed E-state index contributed by atoms with van der Waals surface area (Å²) in [4.78, 5) is 4.74. The van der Waals surface area contributed by atoms with Crippen molar-refractivity contribution in [1.29, 1.82) is 0 Å². The van der Waals surface area contributed by atoms with Crippen LogP contribution in [0, 0.1) is 6.92 Å². The molecule has 0 amide bonds. The van der Waals surface area contributed by atoms with E-state index in [-0.39, 0.29) is 6.04 Å². The Balaban J connectivity index is 2.01. The first kappa shape index (κ1) is 15.3. The van der Waals surface area contributed by atoms with E-state index in [0.29, 0.717) is 5.75 Å². The van der Waals surface area contributed by atoms with E-state index in [1.165, 1.54) is 5.56 Å². The third-order valence-electron chi connectivity index (χ3n) is 4.15. The number of rotatable bonds is 4. The SMILES string of the molecule is CCC(N=Cc1ccc(C)cc1)c1c(O)ccc2ccccc12. The van der Waals surface area contributed by atoms with Crippen molar-refractivity contribution in [3.8, 4) is 5.75 Å². The minimum atomic E-state index is -0.0533. The van der Waals surface area contributed by atoms with Gasteiger partial charge in [0.05, 0.1) is 6.04 Å². The second-order valence-electron chi connectivity index (χ2n) is 5.83. The van der Waals surface area contributed by atoms with Gasteiger partial charge in [-0.2, -0.15) is 0 Å². The van der Waals surface area contributed by atoms with E-state index in [1.807, 2.05) is 24.4 Å². The highest BCUT2D eigenvalue weighted by Crippen LogP contribution is 2.35. The maximum atomic E-state index is 10.4. The van der Waals surface area contributed by atoms with Gasteiger partial charge in [-0.3, -0.25) is 4.99 Å². The van der Waals surface area contributed by atoms with Gasteiger partial charge >= 0.3 is 0 Å². The van der Waals surface area contributed by atoms with Crippen LogP contribution in [-0.4, -0.2) is 11.3 Å². The van der Waals surface area contributed by atoms with E-state index in [0.717, 1.165) is 28.3 Å². The zero-order valence-corrected chi connectivity index (χ0v) is 13.5. The van der Waals surface area contributed by atoms with Crippen molar-refractivity contribution in [2.75, 3.05) is 0 Å². The first-order valence-electron chi connectivity index (χ1n) is 7.99. The number of phenols is 1. The molecule has 2 nitrogen and oxygen atoms in total. The molecule has 116 valence electrons. The highest BCUT2D eigenvalue weighted by molar-refractivity contribution is 5.88. The fraction of sp³-hybridized carbons (Fsp3) is 0.190. The highest BCUT2D eigenvalue weighted by Gasteiger charge is 2.15. The Morgan fingerprint density at radius 1 is 1.00 bits per heavy atom. The van der Waals surface area contributed by atoms with Gasteiger partial charge in [0.15, 0.2) is 0 Å². The summed E-state index contributed by atoms with van der Waals surface area (Å²) in [7, 11) is 0. The van der Waals surface area contributed by atoms with Crippen molar-refractivity contribution >= 4 is 17.0 Å². The lowest BCUT2D eigenvalue weighted by Gasteiger charge is -2.15. The molecule has 0 spiro atoms. The molecule has 0 radical (unpaired) electrons. The normalized spacial score (nSPS) is 12.8. The fourth-order valence-corrected chi connectivity index (χ4v) is 2.85. The van der Waals surface area contributed by atoms with Gasteiger partial charge in [-0.05, 0) is 35.7 Å². The zero-order chi connectivity index (χ0) is 16.2. The van der Waals surface area contributed by atoms with Crippen LogP contribution in [0.1, 0.15) is 36.1 Å². The molecule has 0 aliphatic rings. The molecule has 3 aromatic carbocycles. The number of benzene rings is 3. The Bertz CT molecular complexity index is 834. The number of hydrogen-bond acceptors (Lipinski definition) is 2. The molecule has 3 aromatic rings. The summed E-state index contributed by atoms with van der Waals surface area (Å²) in [6.07, 6.45) is 2.73. The minimum absolute atomic E-state index is 0.0533. The Hall–Kier alpha value is -2.61. The lowest BCUT2D eigenvalue weighted by Crippen LogP contribution is -1.97. The largest absolute Gasteiger partial charge is 0.508 e. The summed E-state index contributed by atoms with van der Waals surface area (Å²) < 4.78 is 0. The van der Waals surface area contributed by atoms with Gasteiger partial charge in [0.25, 0.3) is 0 Å². The van der Waals surface area contributed by atoms with Gasteiger partial charge < -0.3 is 5.11 Å². The Morgan fingerprint density at radius 3 is 2.48 bits per heavy atom. The first-order valence-corrected chi connectivity index (χ1v) is 7.99. The summed E-state index contributed by atoms with van der Waals surface area (Å²) in [6.45, 7) is 4.17. The van der Waals surface area contributed by atoms with Crippen molar-refractivity contribution in [3.63, 3.8) is 0 Å². The summed E-state index contributed by atoms with van der Waals surface area (Å²) in [5.41, 5.74) is 3.23. The summed E-state index contributed by atoms with van der Waals surface area (Å²) in [6, 6.07) is 20.1. The van der Waals surface area contributed by atoms with Gasteiger partial charge in [0.1, 0.15) is 5.75 Å². The van der Waals surface area contributed by atoms with E-state index >= 15 is 0 Å². The van der Waals surface area contributed by atoms with Crippen molar-refractivity contribution in [1.82, 2.24) is 0 Å². The van der Waals surface area contributed by atoms with Gasteiger partial charge in [-0.15, -0.1) is 0 Å². The van der Waals surface area contributed by atoms with E-state index in [2.05, 4.69) is 50.2 Å². The fourth-order valence-electron chi connectivity index (χ4n) is 2.85. The number of aliphatic imine (C=N–C) groups is 1. The number of aryl methyl sites for hydroxylation is 1. The van der Waals surface area contributed by atoms with Crippen LogP contribution in [0.15, 0.2) is 65.7 Å².